The van der Waals surface area contributed by atoms with Gasteiger partial charge in [0, 0.05) is 42.0 Å². The molecule has 2 aromatic rings. The maximum Gasteiger partial charge on any atom is 0.255 e. The van der Waals surface area contributed by atoms with Crippen LogP contribution in [0.15, 0.2) is 53.4 Å². The number of amides is 3. The zero-order chi connectivity index (χ0) is 26.5. The van der Waals surface area contributed by atoms with Crippen molar-refractivity contribution in [2.75, 3.05) is 23.7 Å². The topological polar surface area (TPSA) is 125 Å². The summed E-state index contributed by atoms with van der Waals surface area (Å²) in [4.78, 5) is 39.2. The number of sulfonamides is 1. The van der Waals surface area contributed by atoms with Crippen molar-refractivity contribution in [1.29, 1.82) is 0 Å². The number of unbranched alkanes of at least 4 members (excludes halogenated alkanes) is 1. The molecule has 1 aliphatic rings. The molecule has 1 unspecified atom stereocenters. The van der Waals surface area contributed by atoms with Gasteiger partial charge in [-0.15, -0.1) is 0 Å². The summed E-state index contributed by atoms with van der Waals surface area (Å²) in [7, 11) is -3.67. The molecule has 1 heterocycles. The standard InChI is InChI=1S/C26H34N4O5S/c1-5-6-15-30-17-19(16-23(30)31)25(33)28-20-9-7-18(8-10-20)24(32)27-21-11-13-22(14-12-21)36(34,35)29-26(2,3)4/h7-14,19,29H,5-6,15-17H2,1-4H3,(H,27,32)(H,28,33). The molecule has 0 aromatic heterocycles. The second-order valence-corrected chi connectivity index (χ2v) is 11.7. The average Bonchev–Trinajstić information content (AvgIpc) is 3.17. The summed E-state index contributed by atoms with van der Waals surface area (Å²) in [6.45, 7) is 8.44. The molecule has 1 atom stereocenters. The second-order valence-electron chi connectivity index (χ2n) is 9.99. The first kappa shape index (κ1) is 27.3. The monoisotopic (exact) mass is 514 g/mol. The minimum absolute atomic E-state index is 0.00622. The van der Waals surface area contributed by atoms with Gasteiger partial charge in [0.2, 0.25) is 21.8 Å². The summed E-state index contributed by atoms with van der Waals surface area (Å²) in [5.41, 5.74) is 0.754. The number of likely N-dealkylation sites (tertiary alicyclic amines) is 1. The molecule has 194 valence electrons. The lowest BCUT2D eigenvalue weighted by Crippen LogP contribution is -2.40. The van der Waals surface area contributed by atoms with Gasteiger partial charge in [0.15, 0.2) is 0 Å². The van der Waals surface area contributed by atoms with Gasteiger partial charge in [-0.05, 0) is 75.7 Å². The zero-order valence-corrected chi connectivity index (χ0v) is 21.9. The highest BCUT2D eigenvalue weighted by atomic mass is 32.2. The second kappa shape index (κ2) is 11.2. The van der Waals surface area contributed by atoms with E-state index in [-0.39, 0.29) is 35.0 Å². The van der Waals surface area contributed by atoms with Crippen molar-refractivity contribution in [3.8, 4) is 0 Å². The Kier molecular flexibility index (Phi) is 8.52. The van der Waals surface area contributed by atoms with Crippen molar-refractivity contribution in [2.45, 2.75) is 57.4 Å². The van der Waals surface area contributed by atoms with Crippen molar-refractivity contribution in [1.82, 2.24) is 9.62 Å². The molecule has 9 nitrogen and oxygen atoms in total. The SMILES string of the molecule is CCCCN1CC(C(=O)Nc2ccc(C(=O)Nc3ccc(S(=O)(=O)NC(C)(C)C)cc3)cc2)CC1=O. The van der Waals surface area contributed by atoms with Gasteiger partial charge in [0.25, 0.3) is 5.91 Å². The van der Waals surface area contributed by atoms with Crippen LogP contribution in [0.25, 0.3) is 0 Å². The Morgan fingerprint density at radius 2 is 1.56 bits per heavy atom. The van der Waals surface area contributed by atoms with Crippen molar-refractivity contribution < 1.29 is 22.8 Å². The molecule has 10 heteroatoms. The van der Waals surface area contributed by atoms with E-state index in [1.165, 1.54) is 24.3 Å². The number of carbonyl (C=O) groups is 3. The van der Waals surface area contributed by atoms with Crippen LogP contribution in [-0.2, 0) is 19.6 Å². The van der Waals surface area contributed by atoms with Crippen LogP contribution in [0.2, 0.25) is 0 Å². The van der Waals surface area contributed by atoms with Gasteiger partial charge in [0.05, 0.1) is 10.8 Å². The van der Waals surface area contributed by atoms with Gasteiger partial charge in [-0.3, -0.25) is 14.4 Å². The fourth-order valence-electron chi connectivity index (χ4n) is 3.84. The fourth-order valence-corrected chi connectivity index (χ4v) is 5.26. The quantitative estimate of drug-likeness (QED) is 0.472. The first-order valence-electron chi connectivity index (χ1n) is 12.0. The smallest absolute Gasteiger partial charge is 0.255 e. The third-order valence-corrected chi connectivity index (χ3v) is 7.42. The minimum Gasteiger partial charge on any atom is -0.342 e. The molecule has 3 amide bonds. The number of hydrogen-bond acceptors (Lipinski definition) is 5. The van der Waals surface area contributed by atoms with Gasteiger partial charge < -0.3 is 15.5 Å². The van der Waals surface area contributed by atoms with Crippen LogP contribution < -0.4 is 15.4 Å². The molecule has 1 saturated heterocycles. The van der Waals surface area contributed by atoms with Gasteiger partial charge in [-0.2, -0.15) is 0 Å². The minimum atomic E-state index is -3.67. The summed E-state index contributed by atoms with van der Waals surface area (Å²) in [5.74, 6) is -0.964. The van der Waals surface area contributed by atoms with Crippen molar-refractivity contribution in [3.63, 3.8) is 0 Å². The molecule has 3 N–H and O–H groups in total. The molecule has 0 aliphatic carbocycles. The maximum absolute atomic E-state index is 12.6. The van der Waals surface area contributed by atoms with Crippen LogP contribution in [0, 0.1) is 5.92 Å². The van der Waals surface area contributed by atoms with E-state index in [1.807, 2.05) is 0 Å². The first-order valence-corrected chi connectivity index (χ1v) is 13.5. The lowest BCUT2D eigenvalue weighted by Gasteiger charge is -2.20. The predicted octanol–water partition coefficient (Wildman–Crippen LogP) is 3.60. The normalized spacial score (nSPS) is 16.2. The third-order valence-electron chi connectivity index (χ3n) is 5.64. The van der Waals surface area contributed by atoms with E-state index in [0.29, 0.717) is 30.0 Å². The first-order chi connectivity index (χ1) is 16.9. The number of nitrogens with one attached hydrogen (secondary N) is 3. The van der Waals surface area contributed by atoms with Crippen LogP contribution in [0.4, 0.5) is 11.4 Å². The summed E-state index contributed by atoms with van der Waals surface area (Å²) in [6.07, 6.45) is 2.12. The largest absolute Gasteiger partial charge is 0.342 e. The lowest BCUT2D eigenvalue weighted by molar-refractivity contribution is -0.128. The van der Waals surface area contributed by atoms with Gasteiger partial charge >= 0.3 is 0 Å². The number of hydrogen-bond donors (Lipinski definition) is 3. The van der Waals surface area contributed by atoms with E-state index in [4.69, 9.17) is 0 Å². The third kappa shape index (κ3) is 7.38. The van der Waals surface area contributed by atoms with Crippen LogP contribution in [0.5, 0.6) is 0 Å². The Morgan fingerprint density at radius 3 is 2.14 bits per heavy atom. The molecule has 1 aliphatic heterocycles. The Balaban J connectivity index is 1.56. The molecule has 0 spiro atoms. The van der Waals surface area contributed by atoms with E-state index in [9.17, 15) is 22.8 Å². The van der Waals surface area contributed by atoms with Crippen molar-refractivity contribution >= 4 is 39.1 Å². The molecule has 1 fully saturated rings. The number of nitrogens with zero attached hydrogens (tertiary/aromatic N) is 1. The summed E-state index contributed by atoms with van der Waals surface area (Å²) in [6, 6.07) is 12.3. The van der Waals surface area contributed by atoms with Crippen molar-refractivity contribution in [2.24, 2.45) is 5.92 Å². The van der Waals surface area contributed by atoms with E-state index in [1.54, 1.807) is 49.9 Å². The van der Waals surface area contributed by atoms with Gasteiger partial charge in [-0.25, -0.2) is 13.1 Å². The van der Waals surface area contributed by atoms with E-state index >= 15 is 0 Å². The van der Waals surface area contributed by atoms with E-state index in [2.05, 4.69) is 22.3 Å². The Hall–Kier alpha value is -3.24. The maximum atomic E-state index is 12.6. The van der Waals surface area contributed by atoms with Crippen LogP contribution in [0.1, 0.15) is 57.3 Å². The Labute approximate surface area is 212 Å². The highest BCUT2D eigenvalue weighted by molar-refractivity contribution is 7.89. The molecule has 36 heavy (non-hydrogen) atoms. The number of rotatable bonds is 9. The summed E-state index contributed by atoms with van der Waals surface area (Å²) in [5, 5.41) is 5.55. The molecule has 0 radical (unpaired) electrons. The Morgan fingerprint density at radius 1 is 0.972 bits per heavy atom. The predicted molar refractivity (Wildman–Crippen MR) is 139 cm³/mol. The van der Waals surface area contributed by atoms with Gasteiger partial charge in [0.1, 0.15) is 0 Å². The van der Waals surface area contributed by atoms with E-state index < -0.39 is 15.6 Å². The molecule has 0 bridgehead atoms. The molecule has 3 rings (SSSR count). The van der Waals surface area contributed by atoms with Crippen LogP contribution >= 0.6 is 0 Å². The molecular weight excluding hydrogens is 480 g/mol. The summed E-state index contributed by atoms with van der Waals surface area (Å²) < 4.78 is 27.4. The van der Waals surface area contributed by atoms with E-state index in [0.717, 1.165) is 12.8 Å². The van der Waals surface area contributed by atoms with Crippen LogP contribution in [-0.4, -0.2) is 49.7 Å². The molecule has 0 saturated carbocycles. The molecular formula is C26H34N4O5S. The fraction of sp³-hybridized carbons (Fsp3) is 0.423. The number of anilines is 2. The molecule has 2 aromatic carbocycles. The highest BCUT2D eigenvalue weighted by Crippen LogP contribution is 2.21. The Bertz CT molecular complexity index is 1200. The number of benzene rings is 2. The highest BCUT2D eigenvalue weighted by Gasteiger charge is 2.33. The number of carbonyl (C=O) groups excluding carboxylic acids is 3. The van der Waals surface area contributed by atoms with Gasteiger partial charge in [-0.1, -0.05) is 13.3 Å². The lowest BCUT2D eigenvalue weighted by atomic mass is 10.1. The average molecular weight is 515 g/mol. The van der Waals surface area contributed by atoms with Crippen LogP contribution in [0.3, 0.4) is 0 Å². The van der Waals surface area contributed by atoms with Crippen molar-refractivity contribution in [3.05, 3.63) is 54.1 Å². The summed E-state index contributed by atoms with van der Waals surface area (Å²) >= 11 is 0. The zero-order valence-electron chi connectivity index (χ0n) is 21.1.